The van der Waals surface area contributed by atoms with Crippen LogP contribution in [-0.4, -0.2) is 60.6 Å². The SMILES string of the molecule is CC(C)C(CNc1cc(C#N)ccn1)N1CCN(C)CC1. The second-order valence-corrected chi connectivity index (χ2v) is 6.07. The van der Waals surface area contributed by atoms with E-state index in [0.717, 1.165) is 38.5 Å². The maximum absolute atomic E-state index is 8.94. The van der Waals surface area contributed by atoms with Gasteiger partial charge in [0.05, 0.1) is 11.6 Å². The molecule has 0 saturated carbocycles. The second-order valence-electron chi connectivity index (χ2n) is 6.07. The van der Waals surface area contributed by atoms with Gasteiger partial charge in [-0.05, 0) is 25.1 Å². The zero-order valence-corrected chi connectivity index (χ0v) is 13.2. The van der Waals surface area contributed by atoms with Crippen LogP contribution in [0.25, 0.3) is 0 Å². The molecule has 5 nitrogen and oxygen atoms in total. The number of nitriles is 1. The van der Waals surface area contributed by atoms with E-state index in [2.05, 4.69) is 47.1 Å². The number of anilines is 1. The van der Waals surface area contributed by atoms with E-state index in [1.165, 1.54) is 0 Å². The fraction of sp³-hybridized carbons (Fsp3) is 0.625. The van der Waals surface area contributed by atoms with E-state index in [1.54, 1.807) is 18.3 Å². The van der Waals surface area contributed by atoms with Crippen molar-refractivity contribution in [2.75, 3.05) is 45.1 Å². The molecule has 114 valence electrons. The van der Waals surface area contributed by atoms with Gasteiger partial charge in [-0.1, -0.05) is 13.8 Å². The maximum Gasteiger partial charge on any atom is 0.127 e. The smallest absolute Gasteiger partial charge is 0.127 e. The number of aromatic nitrogens is 1. The fourth-order valence-corrected chi connectivity index (χ4v) is 2.75. The first kappa shape index (κ1) is 15.7. The molecular weight excluding hydrogens is 262 g/mol. The van der Waals surface area contributed by atoms with Crippen LogP contribution in [-0.2, 0) is 0 Å². The van der Waals surface area contributed by atoms with E-state index < -0.39 is 0 Å². The summed E-state index contributed by atoms with van der Waals surface area (Å²) in [7, 11) is 2.18. The Labute approximate surface area is 127 Å². The number of pyridine rings is 1. The highest BCUT2D eigenvalue weighted by Gasteiger charge is 2.24. The summed E-state index contributed by atoms with van der Waals surface area (Å²) in [4.78, 5) is 9.22. The highest BCUT2D eigenvalue weighted by molar-refractivity contribution is 5.42. The number of piperazine rings is 1. The fourth-order valence-electron chi connectivity index (χ4n) is 2.75. The van der Waals surface area contributed by atoms with Crippen LogP contribution in [0.5, 0.6) is 0 Å². The molecule has 1 fully saturated rings. The van der Waals surface area contributed by atoms with Crippen molar-refractivity contribution in [2.45, 2.75) is 19.9 Å². The van der Waals surface area contributed by atoms with Gasteiger partial charge < -0.3 is 10.2 Å². The third kappa shape index (κ3) is 4.42. The zero-order valence-electron chi connectivity index (χ0n) is 13.2. The standard InChI is InChI=1S/C16H25N5/c1-13(2)15(21-8-6-20(3)7-9-21)12-19-16-10-14(11-17)4-5-18-16/h4-5,10,13,15H,6-9,12H2,1-3H3,(H,18,19). The number of likely N-dealkylation sites (N-methyl/N-ethyl adjacent to an activating group) is 1. The molecule has 1 atom stereocenters. The summed E-state index contributed by atoms with van der Waals surface area (Å²) in [5.41, 5.74) is 0.646. The number of nitrogens with one attached hydrogen (secondary N) is 1. The van der Waals surface area contributed by atoms with Crippen molar-refractivity contribution in [3.63, 3.8) is 0 Å². The average molecular weight is 287 g/mol. The number of hydrogen-bond acceptors (Lipinski definition) is 5. The van der Waals surface area contributed by atoms with Gasteiger partial charge in [-0.25, -0.2) is 4.98 Å². The summed E-state index contributed by atoms with van der Waals surface area (Å²) in [6, 6.07) is 6.18. The van der Waals surface area contributed by atoms with Gasteiger partial charge in [-0.2, -0.15) is 5.26 Å². The van der Waals surface area contributed by atoms with Crippen molar-refractivity contribution in [3.05, 3.63) is 23.9 Å². The molecule has 1 unspecified atom stereocenters. The third-order valence-electron chi connectivity index (χ3n) is 4.16. The molecule has 1 saturated heterocycles. The summed E-state index contributed by atoms with van der Waals surface area (Å²) in [5, 5.41) is 12.3. The molecular formula is C16H25N5. The van der Waals surface area contributed by atoms with Gasteiger partial charge in [0.15, 0.2) is 0 Å². The van der Waals surface area contributed by atoms with Crippen molar-refractivity contribution < 1.29 is 0 Å². The Morgan fingerprint density at radius 1 is 1.33 bits per heavy atom. The van der Waals surface area contributed by atoms with Crippen molar-refractivity contribution >= 4 is 5.82 Å². The Bertz CT molecular complexity index is 486. The lowest BCUT2D eigenvalue weighted by Crippen LogP contribution is -2.52. The number of nitrogens with zero attached hydrogens (tertiary/aromatic N) is 4. The molecule has 0 aliphatic carbocycles. The predicted octanol–water partition coefficient (Wildman–Crippen LogP) is 1.64. The summed E-state index contributed by atoms with van der Waals surface area (Å²) in [6.45, 7) is 9.90. The molecule has 0 bridgehead atoms. The Balaban J connectivity index is 1.95. The van der Waals surface area contributed by atoms with E-state index >= 15 is 0 Å². The van der Waals surface area contributed by atoms with E-state index in [4.69, 9.17) is 5.26 Å². The Kier molecular flexibility index (Phi) is 5.54. The van der Waals surface area contributed by atoms with Crippen LogP contribution in [0.15, 0.2) is 18.3 Å². The molecule has 1 aromatic heterocycles. The first-order chi connectivity index (χ1) is 10.1. The van der Waals surface area contributed by atoms with E-state index in [9.17, 15) is 0 Å². The minimum Gasteiger partial charge on any atom is -0.368 e. The highest BCUT2D eigenvalue weighted by atomic mass is 15.3. The number of hydrogen-bond donors (Lipinski definition) is 1. The maximum atomic E-state index is 8.94. The monoisotopic (exact) mass is 287 g/mol. The topological polar surface area (TPSA) is 55.2 Å². The van der Waals surface area contributed by atoms with E-state index in [-0.39, 0.29) is 0 Å². The predicted molar refractivity (Wildman–Crippen MR) is 85.1 cm³/mol. The lowest BCUT2D eigenvalue weighted by Gasteiger charge is -2.40. The van der Waals surface area contributed by atoms with Gasteiger partial charge in [0.1, 0.15) is 5.82 Å². The summed E-state index contributed by atoms with van der Waals surface area (Å²) in [6.07, 6.45) is 1.68. The van der Waals surface area contributed by atoms with Gasteiger partial charge in [0.2, 0.25) is 0 Å². The van der Waals surface area contributed by atoms with Gasteiger partial charge in [0, 0.05) is 45.0 Å². The molecule has 2 rings (SSSR count). The molecule has 2 heterocycles. The lowest BCUT2D eigenvalue weighted by atomic mass is 10.0. The Morgan fingerprint density at radius 2 is 2.05 bits per heavy atom. The molecule has 1 aliphatic rings. The molecule has 0 amide bonds. The highest BCUT2D eigenvalue weighted by Crippen LogP contribution is 2.15. The van der Waals surface area contributed by atoms with Crippen LogP contribution in [0.1, 0.15) is 19.4 Å². The van der Waals surface area contributed by atoms with Gasteiger partial charge in [-0.3, -0.25) is 4.90 Å². The van der Waals surface area contributed by atoms with Crippen molar-refractivity contribution in [2.24, 2.45) is 5.92 Å². The molecule has 1 aromatic rings. The molecule has 0 spiro atoms. The quantitative estimate of drug-likeness (QED) is 0.892. The molecule has 0 radical (unpaired) electrons. The molecule has 0 aromatic carbocycles. The van der Waals surface area contributed by atoms with Crippen molar-refractivity contribution in [1.29, 1.82) is 5.26 Å². The van der Waals surface area contributed by atoms with Crippen molar-refractivity contribution in [3.8, 4) is 6.07 Å². The number of rotatable bonds is 5. The van der Waals surface area contributed by atoms with Crippen LogP contribution >= 0.6 is 0 Å². The zero-order chi connectivity index (χ0) is 15.2. The van der Waals surface area contributed by atoms with E-state index in [1.807, 2.05) is 0 Å². The van der Waals surface area contributed by atoms with Crippen LogP contribution < -0.4 is 5.32 Å². The largest absolute Gasteiger partial charge is 0.368 e. The third-order valence-corrected chi connectivity index (χ3v) is 4.16. The van der Waals surface area contributed by atoms with Crippen molar-refractivity contribution in [1.82, 2.24) is 14.8 Å². The molecule has 1 aliphatic heterocycles. The first-order valence-electron chi connectivity index (χ1n) is 7.62. The molecule has 21 heavy (non-hydrogen) atoms. The summed E-state index contributed by atoms with van der Waals surface area (Å²) in [5.74, 6) is 1.37. The van der Waals surface area contributed by atoms with E-state index in [0.29, 0.717) is 17.5 Å². The summed E-state index contributed by atoms with van der Waals surface area (Å²) < 4.78 is 0. The molecule has 5 heteroatoms. The minimum atomic E-state index is 0.492. The Hall–Kier alpha value is -1.64. The van der Waals surface area contributed by atoms with Gasteiger partial charge >= 0.3 is 0 Å². The Morgan fingerprint density at radius 3 is 2.67 bits per heavy atom. The van der Waals surface area contributed by atoms with Crippen LogP contribution in [0.3, 0.4) is 0 Å². The normalized spacial score (nSPS) is 18.4. The first-order valence-corrected chi connectivity index (χ1v) is 7.62. The van der Waals surface area contributed by atoms with Crippen LogP contribution in [0.2, 0.25) is 0 Å². The van der Waals surface area contributed by atoms with Gasteiger partial charge in [0.25, 0.3) is 0 Å². The van der Waals surface area contributed by atoms with Crippen LogP contribution in [0.4, 0.5) is 5.82 Å². The lowest BCUT2D eigenvalue weighted by molar-refractivity contribution is 0.0944. The molecule has 1 N–H and O–H groups in total. The second kappa shape index (κ2) is 7.39. The van der Waals surface area contributed by atoms with Gasteiger partial charge in [-0.15, -0.1) is 0 Å². The van der Waals surface area contributed by atoms with Crippen LogP contribution in [0, 0.1) is 17.2 Å². The minimum absolute atomic E-state index is 0.492. The summed E-state index contributed by atoms with van der Waals surface area (Å²) >= 11 is 0. The average Bonchev–Trinajstić information content (AvgIpc) is 2.49.